The topological polar surface area (TPSA) is 30.5 Å². The van der Waals surface area contributed by atoms with E-state index in [4.69, 9.17) is 9.47 Å². The maximum Gasteiger partial charge on any atom is 0.123 e. The summed E-state index contributed by atoms with van der Waals surface area (Å²) in [6.45, 7) is 8.57. The first kappa shape index (κ1) is 13.4. The number of rotatable bonds is 6. The van der Waals surface area contributed by atoms with Crippen LogP contribution in [0.25, 0.3) is 0 Å². The van der Waals surface area contributed by atoms with Gasteiger partial charge in [-0.1, -0.05) is 24.6 Å². The molecular weight excluding hydrogens is 226 g/mol. The molecule has 1 atom stereocenters. The van der Waals surface area contributed by atoms with Crippen LogP contribution in [0.15, 0.2) is 18.2 Å². The first-order valence-electron chi connectivity index (χ1n) is 6.80. The Morgan fingerprint density at radius 2 is 2.33 bits per heavy atom. The molecule has 100 valence electrons. The predicted octanol–water partition coefficient (Wildman–Crippen LogP) is 2.52. The largest absolute Gasteiger partial charge is 0.493 e. The number of hydrogen-bond donors (Lipinski definition) is 1. The lowest BCUT2D eigenvalue weighted by Gasteiger charge is -2.15. The van der Waals surface area contributed by atoms with Crippen LogP contribution in [-0.4, -0.2) is 26.4 Å². The van der Waals surface area contributed by atoms with Gasteiger partial charge in [-0.3, -0.25) is 0 Å². The second-order valence-electron chi connectivity index (χ2n) is 4.93. The van der Waals surface area contributed by atoms with Gasteiger partial charge in [0.15, 0.2) is 0 Å². The molecule has 0 aromatic heterocycles. The molecule has 1 N–H and O–H groups in total. The van der Waals surface area contributed by atoms with E-state index < -0.39 is 0 Å². The van der Waals surface area contributed by atoms with Crippen molar-refractivity contribution < 1.29 is 9.47 Å². The molecule has 1 heterocycles. The van der Waals surface area contributed by atoms with Crippen LogP contribution >= 0.6 is 0 Å². The van der Waals surface area contributed by atoms with E-state index in [1.807, 2.05) is 0 Å². The molecule has 1 aromatic rings. The van der Waals surface area contributed by atoms with Crippen LogP contribution in [0, 0.1) is 12.8 Å². The van der Waals surface area contributed by atoms with Crippen molar-refractivity contribution in [2.24, 2.45) is 5.92 Å². The van der Waals surface area contributed by atoms with E-state index in [1.54, 1.807) is 0 Å². The zero-order chi connectivity index (χ0) is 12.8. The zero-order valence-corrected chi connectivity index (χ0v) is 11.4. The Labute approximate surface area is 109 Å². The second kappa shape index (κ2) is 6.76. The molecule has 1 aliphatic heterocycles. The molecule has 0 spiro atoms. The molecule has 1 aliphatic rings. The molecule has 3 nitrogen and oxygen atoms in total. The number of nitrogens with one attached hydrogen (secondary N) is 1. The van der Waals surface area contributed by atoms with E-state index in [9.17, 15) is 0 Å². The minimum Gasteiger partial charge on any atom is -0.493 e. The molecule has 0 amide bonds. The Balaban J connectivity index is 1.96. The first-order valence-corrected chi connectivity index (χ1v) is 6.80. The van der Waals surface area contributed by atoms with Crippen LogP contribution in [-0.2, 0) is 11.3 Å². The number of ether oxygens (including phenoxy) is 2. The molecular formula is C15H23NO2. The normalized spacial score (nSPS) is 19.1. The summed E-state index contributed by atoms with van der Waals surface area (Å²) in [6.07, 6.45) is 1.12. The summed E-state index contributed by atoms with van der Waals surface area (Å²) < 4.78 is 11.3. The van der Waals surface area contributed by atoms with E-state index in [0.717, 1.165) is 45.1 Å². The fourth-order valence-corrected chi connectivity index (χ4v) is 2.17. The van der Waals surface area contributed by atoms with Gasteiger partial charge >= 0.3 is 0 Å². The minimum atomic E-state index is 0.554. The molecule has 1 fully saturated rings. The number of hydrogen-bond acceptors (Lipinski definition) is 3. The van der Waals surface area contributed by atoms with Crippen LogP contribution in [0.1, 0.15) is 24.5 Å². The molecule has 1 unspecified atom stereocenters. The number of benzene rings is 1. The highest BCUT2D eigenvalue weighted by Gasteiger charge is 2.16. The molecule has 18 heavy (non-hydrogen) atoms. The molecule has 1 saturated heterocycles. The summed E-state index contributed by atoms with van der Waals surface area (Å²) >= 11 is 0. The molecule has 0 radical (unpaired) electrons. The monoisotopic (exact) mass is 249 g/mol. The van der Waals surface area contributed by atoms with Crippen molar-refractivity contribution in [3.8, 4) is 5.75 Å². The SMILES string of the molecule is CCNCc1cc(C)ccc1OCC1CCOC1. The summed E-state index contributed by atoms with van der Waals surface area (Å²) in [5.41, 5.74) is 2.52. The van der Waals surface area contributed by atoms with Crippen LogP contribution < -0.4 is 10.1 Å². The van der Waals surface area contributed by atoms with Gasteiger partial charge in [0.25, 0.3) is 0 Å². The quantitative estimate of drug-likeness (QED) is 0.840. The molecule has 0 saturated carbocycles. The van der Waals surface area contributed by atoms with Crippen molar-refractivity contribution >= 4 is 0 Å². The Kier molecular flexibility index (Phi) is 5.02. The molecule has 1 aromatic carbocycles. The zero-order valence-electron chi connectivity index (χ0n) is 11.4. The highest BCUT2D eigenvalue weighted by molar-refractivity contribution is 5.36. The smallest absolute Gasteiger partial charge is 0.123 e. The van der Waals surface area contributed by atoms with Gasteiger partial charge in [-0.2, -0.15) is 0 Å². The molecule has 0 bridgehead atoms. The van der Waals surface area contributed by atoms with Crippen LogP contribution in [0.4, 0.5) is 0 Å². The van der Waals surface area contributed by atoms with E-state index in [2.05, 4.69) is 37.4 Å². The highest BCUT2D eigenvalue weighted by atomic mass is 16.5. The van der Waals surface area contributed by atoms with Gasteiger partial charge in [0, 0.05) is 24.6 Å². The molecule has 3 heteroatoms. The van der Waals surface area contributed by atoms with Crippen molar-refractivity contribution in [2.45, 2.75) is 26.8 Å². The van der Waals surface area contributed by atoms with Crippen molar-refractivity contribution in [2.75, 3.05) is 26.4 Å². The van der Waals surface area contributed by atoms with E-state index in [0.29, 0.717) is 5.92 Å². The van der Waals surface area contributed by atoms with Gasteiger partial charge in [-0.25, -0.2) is 0 Å². The van der Waals surface area contributed by atoms with E-state index in [1.165, 1.54) is 11.1 Å². The maximum absolute atomic E-state index is 5.95. The Bertz CT molecular complexity index is 373. The lowest BCUT2D eigenvalue weighted by atomic mass is 10.1. The van der Waals surface area contributed by atoms with Crippen LogP contribution in [0.3, 0.4) is 0 Å². The fourth-order valence-electron chi connectivity index (χ4n) is 2.17. The summed E-state index contributed by atoms with van der Waals surface area (Å²) in [7, 11) is 0. The van der Waals surface area contributed by atoms with Crippen molar-refractivity contribution in [1.82, 2.24) is 5.32 Å². The lowest BCUT2D eigenvalue weighted by molar-refractivity contribution is 0.166. The van der Waals surface area contributed by atoms with E-state index in [-0.39, 0.29) is 0 Å². The average Bonchev–Trinajstić information content (AvgIpc) is 2.88. The van der Waals surface area contributed by atoms with Gasteiger partial charge in [0.2, 0.25) is 0 Å². The summed E-state index contributed by atoms with van der Waals surface area (Å²) in [5, 5.41) is 3.36. The van der Waals surface area contributed by atoms with Crippen molar-refractivity contribution in [3.05, 3.63) is 29.3 Å². The highest BCUT2D eigenvalue weighted by Crippen LogP contribution is 2.22. The minimum absolute atomic E-state index is 0.554. The Hall–Kier alpha value is -1.06. The fraction of sp³-hybridized carbons (Fsp3) is 0.600. The van der Waals surface area contributed by atoms with Crippen LogP contribution in [0.2, 0.25) is 0 Å². The molecule has 0 aliphatic carbocycles. The molecule has 2 rings (SSSR count). The van der Waals surface area contributed by atoms with Gasteiger partial charge in [0.05, 0.1) is 13.2 Å². The second-order valence-corrected chi connectivity index (χ2v) is 4.93. The Morgan fingerprint density at radius 3 is 3.06 bits per heavy atom. The average molecular weight is 249 g/mol. The van der Waals surface area contributed by atoms with Gasteiger partial charge < -0.3 is 14.8 Å². The van der Waals surface area contributed by atoms with Crippen molar-refractivity contribution in [1.29, 1.82) is 0 Å². The predicted molar refractivity (Wildman–Crippen MR) is 73.0 cm³/mol. The maximum atomic E-state index is 5.95. The number of aryl methyl sites for hydroxylation is 1. The summed E-state index contributed by atoms with van der Waals surface area (Å²) in [4.78, 5) is 0. The summed E-state index contributed by atoms with van der Waals surface area (Å²) in [6, 6.07) is 6.39. The van der Waals surface area contributed by atoms with Crippen molar-refractivity contribution in [3.63, 3.8) is 0 Å². The Morgan fingerprint density at radius 1 is 1.44 bits per heavy atom. The van der Waals surface area contributed by atoms with E-state index >= 15 is 0 Å². The van der Waals surface area contributed by atoms with Gasteiger partial charge in [0.1, 0.15) is 5.75 Å². The third kappa shape index (κ3) is 3.72. The van der Waals surface area contributed by atoms with Gasteiger partial charge in [-0.15, -0.1) is 0 Å². The standard InChI is InChI=1S/C15H23NO2/c1-3-16-9-14-8-12(2)4-5-15(14)18-11-13-6-7-17-10-13/h4-5,8,13,16H,3,6-7,9-11H2,1-2H3. The third-order valence-electron chi connectivity index (χ3n) is 3.28. The van der Waals surface area contributed by atoms with Gasteiger partial charge in [-0.05, 0) is 26.0 Å². The van der Waals surface area contributed by atoms with Crippen LogP contribution in [0.5, 0.6) is 5.75 Å². The summed E-state index contributed by atoms with van der Waals surface area (Å²) in [5.74, 6) is 1.56. The lowest BCUT2D eigenvalue weighted by Crippen LogP contribution is -2.15. The third-order valence-corrected chi connectivity index (χ3v) is 3.28. The first-order chi connectivity index (χ1) is 8.79.